The summed E-state index contributed by atoms with van der Waals surface area (Å²) in [4.78, 5) is 23.6. The topological polar surface area (TPSA) is 93.2 Å². The number of nitrogens with zero attached hydrogens (tertiary/aromatic N) is 2. The van der Waals surface area contributed by atoms with Crippen molar-refractivity contribution in [3.63, 3.8) is 0 Å². The van der Waals surface area contributed by atoms with Crippen LogP contribution in [-0.2, 0) is 4.74 Å². The van der Waals surface area contributed by atoms with Crippen molar-refractivity contribution >= 4 is 23.4 Å². The van der Waals surface area contributed by atoms with Crippen LogP contribution in [0.2, 0.25) is 0 Å². The van der Waals surface area contributed by atoms with Crippen LogP contribution < -0.4 is 10.6 Å². The SMILES string of the molecule is COC(=O)c1ccccc1Nc1ccc(C(=O)NCC(C)C)nn1. The van der Waals surface area contributed by atoms with E-state index in [4.69, 9.17) is 4.74 Å². The Balaban J connectivity index is 2.10. The lowest BCUT2D eigenvalue weighted by atomic mass is 10.2. The molecule has 0 fully saturated rings. The minimum Gasteiger partial charge on any atom is -0.465 e. The Morgan fingerprint density at radius 2 is 1.88 bits per heavy atom. The Kier molecular flexibility index (Phi) is 5.83. The fourth-order valence-corrected chi connectivity index (χ4v) is 1.93. The van der Waals surface area contributed by atoms with Gasteiger partial charge in [-0.3, -0.25) is 4.79 Å². The molecular weight excluding hydrogens is 308 g/mol. The van der Waals surface area contributed by atoms with Gasteiger partial charge in [0.25, 0.3) is 5.91 Å². The van der Waals surface area contributed by atoms with Gasteiger partial charge in [-0.2, -0.15) is 0 Å². The number of amides is 1. The van der Waals surface area contributed by atoms with Crippen LogP contribution in [0.1, 0.15) is 34.7 Å². The van der Waals surface area contributed by atoms with Gasteiger partial charge in [0.1, 0.15) is 0 Å². The van der Waals surface area contributed by atoms with Crippen molar-refractivity contribution in [2.45, 2.75) is 13.8 Å². The van der Waals surface area contributed by atoms with Crippen molar-refractivity contribution in [3.05, 3.63) is 47.7 Å². The number of nitrogens with one attached hydrogen (secondary N) is 2. The van der Waals surface area contributed by atoms with E-state index < -0.39 is 5.97 Å². The summed E-state index contributed by atoms with van der Waals surface area (Å²) in [6.45, 7) is 4.60. The molecule has 1 amide bonds. The first-order valence-corrected chi connectivity index (χ1v) is 7.57. The maximum absolute atomic E-state index is 11.9. The monoisotopic (exact) mass is 328 g/mol. The molecule has 0 radical (unpaired) electrons. The molecule has 7 nitrogen and oxygen atoms in total. The highest BCUT2D eigenvalue weighted by Gasteiger charge is 2.12. The average Bonchev–Trinajstić information content (AvgIpc) is 2.60. The van der Waals surface area contributed by atoms with Gasteiger partial charge >= 0.3 is 5.97 Å². The summed E-state index contributed by atoms with van der Waals surface area (Å²) in [5.74, 6) is 0.0675. The molecular formula is C17H20N4O3. The van der Waals surface area contributed by atoms with Crippen LogP contribution in [0.3, 0.4) is 0 Å². The van der Waals surface area contributed by atoms with E-state index in [1.54, 1.807) is 36.4 Å². The smallest absolute Gasteiger partial charge is 0.339 e. The number of ether oxygens (including phenoxy) is 1. The number of aromatic nitrogens is 2. The van der Waals surface area contributed by atoms with Crippen molar-refractivity contribution in [2.75, 3.05) is 19.0 Å². The summed E-state index contributed by atoms with van der Waals surface area (Å²) in [6.07, 6.45) is 0. The van der Waals surface area contributed by atoms with E-state index in [0.717, 1.165) is 0 Å². The quantitative estimate of drug-likeness (QED) is 0.791. The lowest BCUT2D eigenvalue weighted by Crippen LogP contribution is -2.28. The number of benzene rings is 1. The second-order valence-electron chi connectivity index (χ2n) is 5.57. The highest BCUT2D eigenvalue weighted by atomic mass is 16.5. The summed E-state index contributed by atoms with van der Waals surface area (Å²) in [5, 5.41) is 13.7. The molecule has 2 rings (SSSR count). The number of rotatable bonds is 6. The zero-order valence-electron chi connectivity index (χ0n) is 13.9. The van der Waals surface area contributed by atoms with Gasteiger partial charge in [-0.05, 0) is 30.2 Å². The molecule has 0 aliphatic rings. The lowest BCUT2D eigenvalue weighted by molar-refractivity contribution is 0.0601. The molecule has 2 aromatic rings. The molecule has 0 bridgehead atoms. The van der Waals surface area contributed by atoms with Gasteiger partial charge in [-0.25, -0.2) is 4.79 Å². The van der Waals surface area contributed by atoms with Gasteiger partial charge in [0.2, 0.25) is 0 Å². The summed E-state index contributed by atoms with van der Waals surface area (Å²) in [7, 11) is 1.32. The molecule has 0 aliphatic carbocycles. The number of esters is 1. The van der Waals surface area contributed by atoms with Crippen LogP contribution in [-0.4, -0.2) is 35.7 Å². The molecule has 0 atom stereocenters. The van der Waals surface area contributed by atoms with Crippen LogP contribution in [0.5, 0.6) is 0 Å². The van der Waals surface area contributed by atoms with E-state index in [1.807, 2.05) is 13.8 Å². The Bertz CT molecular complexity index is 714. The highest BCUT2D eigenvalue weighted by Crippen LogP contribution is 2.20. The van der Waals surface area contributed by atoms with Gasteiger partial charge in [0, 0.05) is 6.54 Å². The van der Waals surface area contributed by atoms with Crippen LogP contribution >= 0.6 is 0 Å². The number of anilines is 2. The second kappa shape index (κ2) is 8.05. The number of para-hydroxylation sites is 1. The first-order chi connectivity index (χ1) is 11.5. The van der Waals surface area contributed by atoms with Gasteiger partial charge in [0.15, 0.2) is 11.5 Å². The van der Waals surface area contributed by atoms with Crippen molar-refractivity contribution in [1.82, 2.24) is 15.5 Å². The molecule has 1 aromatic heterocycles. The zero-order valence-corrected chi connectivity index (χ0v) is 13.9. The maximum atomic E-state index is 11.9. The Morgan fingerprint density at radius 3 is 2.50 bits per heavy atom. The van der Waals surface area contributed by atoms with E-state index in [9.17, 15) is 9.59 Å². The van der Waals surface area contributed by atoms with E-state index in [1.165, 1.54) is 7.11 Å². The van der Waals surface area contributed by atoms with Crippen LogP contribution in [0.15, 0.2) is 36.4 Å². The Hall–Kier alpha value is -2.96. The molecule has 0 aliphatic heterocycles. The number of carbonyl (C=O) groups excluding carboxylic acids is 2. The molecule has 126 valence electrons. The number of hydrogen-bond donors (Lipinski definition) is 2. The second-order valence-corrected chi connectivity index (χ2v) is 5.57. The largest absolute Gasteiger partial charge is 0.465 e. The normalized spacial score (nSPS) is 10.3. The molecule has 0 spiro atoms. The molecule has 1 aromatic carbocycles. The number of carbonyl (C=O) groups is 2. The highest BCUT2D eigenvalue weighted by molar-refractivity contribution is 5.96. The lowest BCUT2D eigenvalue weighted by Gasteiger charge is -2.10. The first kappa shape index (κ1) is 17.4. The van der Waals surface area contributed by atoms with Gasteiger partial charge in [0.05, 0.1) is 18.4 Å². The molecule has 0 saturated heterocycles. The Morgan fingerprint density at radius 1 is 1.12 bits per heavy atom. The predicted molar refractivity (Wildman–Crippen MR) is 90.3 cm³/mol. The van der Waals surface area contributed by atoms with Crippen LogP contribution in [0, 0.1) is 5.92 Å². The fraction of sp³-hybridized carbons (Fsp3) is 0.294. The molecule has 2 N–H and O–H groups in total. The fourth-order valence-electron chi connectivity index (χ4n) is 1.93. The number of hydrogen-bond acceptors (Lipinski definition) is 6. The molecule has 0 unspecified atom stereocenters. The average molecular weight is 328 g/mol. The van der Waals surface area contributed by atoms with E-state index in [2.05, 4.69) is 20.8 Å². The number of methoxy groups -OCH3 is 1. The van der Waals surface area contributed by atoms with Crippen molar-refractivity contribution in [3.8, 4) is 0 Å². The summed E-state index contributed by atoms with van der Waals surface area (Å²) in [5.41, 5.74) is 1.18. The standard InChI is InChI=1S/C17H20N4O3/c1-11(2)10-18-16(22)14-8-9-15(21-20-14)19-13-7-5-4-6-12(13)17(23)24-3/h4-9,11H,10H2,1-3H3,(H,18,22)(H,19,21). The predicted octanol–water partition coefficient (Wildman–Crippen LogP) is 2.39. The molecule has 1 heterocycles. The van der Waals surface area contributed by atoms with E-state index in [-0.39, 0.29) is 11.6 Å². The third-order valence-corrected chi connectivity index (χ3v) is 3.16. The van der Waals surface area contributed by atoms with E-state index >= 15 is 0 Å². The molecule has 24 heavy (non-hydrogen) atoms. The minimum atomic E-state index is -0.448. The summed E-state index contributed by atoms with van der Waals surface area (Å²) in [6, 6.07) is 10.1. The van der Waals surface area contributed by atoms with Gasteiger partial charge < -0.3 is 15.4 Å². The van der Waals surface area contributed by atoms with Crippen molar-refractivity contribution < 1.29 is 14.3 Å². The van der Waals surface area contributed by atoms with Gasteiger partial charge in [-0.15, -0.1) is 10.2 Å². The van der Waals surface area contributed by atoms with Gasteiger partial charge in [-0.1, -0.05) is 26.0 Å². The zero-order chi connectivity index (χ0) is 17.5. The van der Waals surface area contributed by atoms with Crippen molar-refractivity contribution in [2.24, 2.45) is 5.92 Å². The summed E-state index contributed by atoms with van der Waals surface area (Å²) >= 11 is 0. The molecule has 0 saturated carbocycles. The van der Waals surface area contributed by atoms with Crippen LogP contribution in [0.4, 0.5) is 11.5 Å². The third kappa shape index (κ3) is 4.52. The molecule has 7 heteroatoms. The maximum Gasteiger partial charge on any atom is 0.339 e. The van der Waals surface area contributed by atoms with Crippen LogP contribution in [0.25, 0.3) is 0 Å². The first-order valence-electron chi connectivity index (χ1n) is 7.57. The van der Waals surface area contributed by atoms with E-state index in [0.29, 0.717) is 29.5 Å². The minimum absolute atomic E-state index is 0.238. The Labute approximate surface area is 140 Å². The third-order valence-electron chi connectivity index (χ3n) is 3.16. The summed E-state index contributed by atoms with van der Waals surface area (Å²) < 4.78 is 4.74. The van der Waals surface area contributed by atoms with Crippen molar-refractivity contribution in [1.29, 1.82) is 0 Å².